The lowest BCUT2D eigenvalue weighted by Crippen LogP contribution is -1.94. The Kier molecular flexibility index (Phi) is 4.78. The van der Waals surface area contributed by atoms with Gasteiger partial charge in [-0.1, -0.05) is 24.2 Å². The molecule has 0 saturated carbocycles. The zero-order valence-electron chi connectivity index (χ0n) is 8.66. The molecule has 1 aromatic carbocycles. The topological polar surface area (TPSA) is 21.3 Å². The van der Waals surface area contributed by atoms with Gasteiger partial charge in [-0.15, -0.1) is 0 Å². The molecule has 0 spiro atoms. The summed E-state index contributed by atoms with van der Waals surface area (Å²) < 4.78 is 5.06. The standard InChI is InChI=1S/C12H14ClNO/c1-3-15-8-7-10(2)14-12-6-4-5-11(13)9-12/h4-9,14H,2-3H2,1H3/b8-7+. The molecule has 0 aliphatic heterocycles. The third kappa shape index (κ3) is 4.56. The van der Waals surface area contributed by atoms with Crippen LogP contribution in [0.15, 0.2) is 48.9 Å². The van der Waals surface area contributed by atoms with E-state index in [0.717, 1.165) is 11.4 Å². The molecule has 3 heteroatoms. The lowest BCUT2D eigenvalue weighted by Gasteiger charge is -2.05. The molecule has 15 heavy (non-hydrogen) atoms. The van der Waals surface area contributed by atoms with E-state index in [9.17, 15) is 0 Å². The molecule has 80 valence electrons. The van der Waals surface area contributed by atoms with Crippen molar-refractivity contribution in [1.29, 1.82) is 0 Å². The first-order valence-corrected chi connectivity index (χ1v) is 5.10. The number of hydrogen-bond donors (Lipinski definition) is 1. The summed E-state index contributed by atoms with van der Waals surface area (Å²) in [6.07, 6.45) is 3.38. The molecule has 0 aliphatic rings. The van der Waals surface area contributed by atoms with Crippen molar-refractivity contribution >= 4 is 17.3 Å². The van der Waals surface area contributed by atoms with Crippen LogP contribution >= 0.6 is 11.6 Å². The van der Waals surface area contributed by atoms with E-state index in [-0.39, 0.29) is 0 Å². The number of hydrogen-bond acceptors (Lipinski definition) is 2. The van der Waals surface area contributed by atoms with Crippen molar-refractivity contribution in [1.82, 2.24) is 0 Å². The predicted octanol–water partition coefficient (Wildman–Crippen LogP) is 3.82. The molecule has 2 nitrogen and oxygen atoms in total. The Morgan fingerprint density at radius 2 is 2.40 bits per heavy atom. The maximum Gasteiger partial charge on any atom is 0.0849 e. The Balaban J connectivity index is 2.51. The van der Waals surface area contributed by atoms with Crippen LogP contribution in [0.1, 0.15) is 6.92 Å². The molecule has 1 aromatic rings. The van der Waals surface area contributed by atoms with Gasteiger partial charge in [0.05, 0.1) is 12.9 Å². The molecule has 0 amide bonds. The summed E-state index contributed by atoms with van der Waals surface area (Å²) in [5.74, 6) is 0. The van der Waals surface area contributed by atoms with E-state index in [0.29, 0.717) is 11.6 Å². The highest BCUT2D eigenvalue weighted by atomic mass is 35.5. The smallest absolute Gasteiger partial charge is 0.0849 e. The van der Waals surface area contributed by atoms with Crippen molar-refractivity contribution in [2.75, 3.05) is 11.9 Å². The van der Waals surface area contributed by atoms with Crippen molar-refractivity contribution in [3.8, 4) is 0 Å². The Morgan fingerprint density at radius 1 is 1.60 bits per heavy atom. The minimum absolute atomic E-state index is 0.654. The van der Waals surface area contributed by atoms with Gasteiger partial charge in [-0.3, -0.25) is 0 Å². The summed E-state index contributed by atoms with van der Waals surface area (Å²) in [6.45, 7) is 6.41. The van der Waals surface area contributed by atoms with Crippen LogP contribution in [0.4, 0.5) is 5.69 Å². The van der Waals surface area contributed by atoms with Crippen LogP contribution in [0.2, 0.25) is 5.02 Å². The number of allylic oxidation sites excluding steroid dienone is 1. The van der Waals surface area contributed by atoms with Gasteiger partial charge in [-0.05, 0) is 31.2 Å². The summed E-state index contributed by atoms with van der Waals surface area (Å²) in [6, 6.07) is 7.46. The van der Waals surface area contributed by atoms with Crippen LogP contribution < -0.4 is 5.32 Å². The fourth-order valence-electron chi connectivity index (χ4n) is 1.02. The quantitative estimate of drug-likeness (QED) is 0.605. The van der Waals surface area contributed by atoms with E-state index in [1.165, 1.54) is 0 Å². The van der Waals surface area contributed by atoms with Crippen molar-refractivity contribution in [2.24, 2.45) is 0 Å². The molecule has 0 saturated heterocycles. The number of nitrogens with one attached hydrogen (secondary N) is 1. The van der Waals surface area contributed by atoms with Gasteiger partial charge in [-0.25, -0.2) is 0 Å². The Labute approximate surface area is 95.2 Å². The van der Waals surface area contributed by atoms with Crippen molar-refractivity contribution in [3.05, 3.63) is 53.9 Å². The molecule has 0 aliphatic carbocycles. The van der Waals surface area contributed by atoms with Gasteiger partial charge >= 0.3 is 0 Å². The molecule has 0 radical (unpaired) electrons. The van der Waals surface area contributed by atoms with Gasteiger partial charge in [0.15, 0.2) is 0 Å². The van der Waals surface area contributed by atoms with Gasteiger partial charge < -0.3 is 10.1 Å². The van der Waals surface area contributed by atoms with Crippen LogP contribution in [-0.2, 0) is 4.74 Å². The molecule has 0 bridgehead atoms. The molecule has 0 unspecified atom stereocenters. The average Bonchev–Trinajstić information content (AvgIpc) is 2.18. The van der Waals surface area contributed by atoms with E-state index < -0.39 is 0 Å². The van der Waals surface area contributed by atoms with Gasteiger partial charge in [0.2, 0.25) is 0 Å². The van der Waals surface area contributed by atoms with E-state index in [1.807, 2.05) is 31.2 Å². The van der Waals surface area contributed by atoms with Crippen LogP contribution in [0, 0.1) is 0 Å². The minimum Gasteiger partial charge on any atom is -0.501 e. The first-order valence-electron chi connectivity index (χ1n) is 4.72. The zero-order chi connectivity index (χ0) is 11.1. The number of benzene rings is 1. The van der Waals surface area contributed by atoms with Gasteiger partial charge in [0.25, 0.3) is 0 Å². The Morgan fingerprint density at radius 3 is 3.07 bits per heavy atom. The Bertz CT molecular complexity index is 360. The lowest BCUT2D eigenvalue weighted by atomic mass is 10.3. The van der Waals surface area contributed by atoms with Crippen LogP contribution in [0.25, 0.3) is 0 Å². The monoisotopic (exact) mass is 223 g/mol. The Hall–Kier alpha value is -1.41. The van der Waals surface area contributed by atoms with Crippen LogP contribution in [0.5, 0.6) is 0 Å². The number of halogens is 1. The second-order valence-electron chi connectivity index (χ2n) is 2.92. The highest BCUT2D eigenvalue weighted by Gasteiger charge is 1.93. The molecular formula is C12H14ClNO. The first kappa shape index (κ1) is 11.7. The van der Waals surface area contributed by atoms with E-state index in [2.05, 4.69) is 11.9 Å². The van der Waals surface area contributed by atoms with Crippen molar-refractivity contribution in [3.63, 3.8) is 0 Å². The zero-order valence-corrected chi connectivity index (χ0v) is 9.42. The number of ether oxygens (including phenoxy) is 1. The van der Waals surface area contributed by atoms with E-state index in [4.69, 9.17) is 16.3 Å². The summed E-state index contributed by atoms with van der Waals surface area (Å²) >= 11 is 5.84. The summed E-state index contributed by atoms with van der Waals surface area (Å²) in [7, 11) is 0. The maximum atomic E-state index is 5.84. The predicted molar refractivity (Wildman–Crippen MR) is 65.0 cm³/mol. The lowest BCUT2D eigenvalue weighted by molar-refractivity contribution is 0.269. The molecule has 0 fully saturated rings. The molecule has 1 N–H and O–H groups in total. The van der Waals surface area contributed by atoms with Gasteiger partial charge in [0, 0.05) is 16.4 Å². The highest BCUT2D eigenvalue weighted by Crippen LogP contribution is 2.16. The molecule has 0 heterocycles. The molecule has 0 aromatic heterocycles. The fraction of sp³-hybridized carbons (Fsp3) is 0.167. The second-order valence-corrected chi connectivity index (χ2v) is 3.36. The number of anilines is 1. The minimum atomic E-state index is 0.654. The summed E-state index contributed by atoms with van der Waals surface area (Å²) in [5, 5.41) is 3.79. The van der Waals surface area contributed by atoms with Crippen LogP contribution in [-0.4, -0.2) is 6.61 Å². The summed E-state index contributed by atoms with van der Waals surface area (Å²) in [5.41, 5.74) is 1.67. The van der Waals surface area contributed by atoms with Crippen molar-refractivity contribution < 1.29 is 4.74 Å². The number of rotatable bonds is 5. The molecular weight excluding hydrogens is 210 g/mol. The maximum absolute atomic E-state index is 5.84. The fourth-order valence-corrected chi connectivity index (χ4v) is 1.21. The first-order chi connectivity index (χ1) is 7.22. The highest BCUT2D eigenvalue weighted by molar-refractivity contribution is 6.30. The average molecular weight is 224 g/mol. The van der Waals surface area contributed by atoms with Gasteiger partial charge in [0.1, 0.15) is 0 Å². The van der Waals surface area contributed by atoms with E-state index >= 15 is 0 Å². The normalized spacial score (nSPS) is 10.3. The largest absolute Gasteiger partial charge is 0.501 e. The van der Waals surface area contributed by atoms with E-state index in [1.54, 1.807) is 12.3 Å². The third-order valence-corrected chi connectivity index (χ3v) is 1.90. The SMILES string of the molecule is C=C(/C=C/OCC)Nc1cccc(Cl)c1. The van der Waals surface area contributed by atoms with Crippen LogP contribution in [0.3, 0.4) is 0 Å². The van der Waals surface area contributed by atoms with Crippen molar-refractivity contribution in [2.45, 2.75) is 6.92 Å². The molecule has 0 atom stereocenters. The molecule has 1 rings (SSSR count). The summed E-state index contributed by atoms with van der Waals surface area (Å²) in [4.78, 5) is 0. The second kappa shape index (κ2) is 6.14. The third-order valence-electron chi connectivity index (χ3n) is 1.66. The van der Waals surface area contributed by atoms with Gasteiger partial charge in [-0.2, -0.15) is 0 Å².